The highest BCUT2D eigenvalue weighted by molar-refractivity contribution is 5.33. The fourth-order valence-electron chi connectivity index (χ4n) is 3.99. The molecular weight excluding hydrogens is 387 g/mol. The van der Waals surface area contributed by atoms with E-state index in [4.69, 9.17) is 0 Å². The molecule has 2 nitrogen and oxygen atoms in total. The first-order valence-electron chi connectivity index (χ1n) is 9.34. The fourth-order valence-corrected chi connectivity index (χ4v) is 3.99. The maximum atomic E-state index is 14.7. The maximum absolute atomic E-state index is 14.7. The molecule has 3 aromatic rings. The summed E-state index contributed by atoms with van der Waals surface area (Å²) in [5.41, 5.74) is 0.350. The van der Waals surface area contributed by atoms with Gasteiger partial charge >= 0.3 is 6.18 Å². The van der Waals surface area contributed by atoms with Gasteiger partial charge in [0.15, 0.2) is 0 Å². The second-order valence-corrected chi connectivity index (χ2v) is 7.19. The summed E-state index contributed by atoms with van der Waals surface area (Å²) < 4.78 is 70.6. The third-order valence-electron chi connectivity index (χ3n) is 5.27. The van der Waals surface area contributed by atoms with Gasteiger partial charge in [-0.3, -0.25) is 4.90 Å². The van der Waals surface area contributed by atoms with Crippen molar-refractivity contribution >= 4 is 0 Å². The molecule has 152 valence electrons. The van der Waals surface area contributed by atoms with Crippen LogP contribution in [-0.4, -0.2) is 16.0 Å². The molecule has 0 spiro atoms. The Morgan fingerprint density at radius 1 is 0.897 bits per heavy atom. The van der Waals surface area contributed by atoms with Crippen molar-refractivity contribution in [3.63, 3.8) is 0 Å². The van der Waals surface area contributed by atoms with Crippen molar-refractivity contribution in [1.29, 1.82) is 0 Å². The normalized spacial score (nSPS) is 17.8. The van der Waals surface area contributed by atoms with Crippen molar-refractivity contribution in [2.45, 2.75) is 31.7 Å². The molecule has 7 heteroatoms. The van der Waals surface area contributed by atoms with Gasteiger partial charge in [0.05, 0.1) is 11.6 Å². The van der Waals surface area contributed by atoms with E-state index < -0.39 is 29.4 Å². The van der Waals surface area contributed by atoms with E-state index in [0.717, 1.165) is 17.8 Å². The zero-order valence-corrected chi connectivity index (χ0v) is 15.5. The third kappa shape index (κ3) is 3.92. The number of aryl methyl sites for hydroxylation is 1. The molecule has 0 aliphatic carbocycles. The maximum Gasteiger partial charge on any atom is 0.416 e. The molecule has 0 fully saturated rings. The molecule has 0 radical (unpaired) electrons. The molecule has 0 saturated heterocycles. The average Bonchev–Trinajstić information content (AvgIpc) is 3.05. The Balaban J connectivity index is 1.77. The Labute approximate surface area is 165 Å². The predicted octanol–water partition coefficient (Wildman–Crippen LogP) is 5.78. The van der Waals surface area contributed by atoms with Gasteiger partial charge in [-0.15, -0.1) is 0 Å². The van der Waals surface area contributed by atoms with Crippen molar-refractivity contribution in [1.82, 2.24) is 9.47 Å². The lowest BCUT2D eigenvalue weighted by atomic mass is 9.99. The van der Waals surface area contributed by atoms with Gasteiger partial charge in [-0.2, -0.15) is 13.2 Å². The summed E-state index contributed by atoms with van der Waals surface area (Å²) in [6.45, 7) is 1.32. The topological polar surface area (TPSA) is 8.17 Å². The van der Waals surface area contributed by atoms with Crippen LogP contribution < -0.4 is 0 Å². The Morgan fingerprint density at radius 3 is 2.34 bits per heavy atom. The smallest absolute Gasteiger partial charge is 0.350 e. The van der Waals surface area contributed by atoms with Crippen molar-refractivity contribution in [2.24, 2.45) is 0 Å². The highest BCUT2D eigenvalue weighted by Gasteiger charge is 2.33. The number of rotatable bonds is 3. The molecule has 2 aromatic carbocycles. The van der Waals surface area contributed by atoms with Gasteiger partial charge in [0.2, 0.25) is 0 Å². The van der Waals surface area contributed by atoms with Crippen LogP contribution in [-0.2, 0) is 19.3 Å². The third-order valence-corrected chi connectivity index (χ3v) is 5.27. The molecule has 0 amide bonds. The molecule has 0 saturated carbocycles. The lowest BCUT2D eigenvalue weighted by Crippen LogP contribution is -2.31. The van der Waals surface area contributed by atoms with Gasteiger partial charge in [-0.25, -0.2) is 8.78 Å². The van der Waals surface area contributed by atoms with Gasteiger partial charge in [-0.1, -0.05) is 24.3 Å². The molecule has 2 heterocycles. The zero-order chi connectivity index (χ0) is 20.6. The molecule has 1 aliphatic heterocycles. The number of halogens is 5. The van der Waals surface area contributed by atoms with E-state index in [1.165, 1.54) is 24.3 Å². The molecule has 0 unspecified atom stereocenters. The minimum Gasteiger partial charge on any atom is -0.350 e. The van der Waals surface area contributed by atoms with Crippen molar-refractivity contribution < 1.29 is 22.0 Å². The fraction of sp³-hybridized carbons (Fsp3) is 0.273. The summed E-state index contributed by atoms with van der Waals surface area (Å²) in [6.07, 6.45) is -1.87. The SMILES string of the molecule is Fc1cccc(F)c1[C@H]1c2cccn2CCCN1Cc1cccc(C(F)(F)F)c1. The Kier molecular flexibility index (Phi) is 5.17. The largest absolute Gasteiger partial charge is 0.416 e. The number of fused-ring (bicyclic) bond motifs is 1. The molecule has 29 heavy (non-hydrogen) atoms. The summed E-state index contributed by atoms with van der Waals surface area (Å²) in [5.74, 6) is -1.34. The van der Waals surface area contributed by atoms with E-state index in [9.17, 15) is 22.0 Å². The van der Waals surface area contributed by atoms with E-state index in [0.29, 0.717) is 25.1 Å². The van der Waals surface area contributed by atoms with Crippen LogP contribution in [0.4, 0.5) is 22.0 Å². The molecular formula is C22H19F5N2. The summed E-state index contributed by atoms with van der Waals surface area (Å²) in [7, 11) is 0. The first-order chi connectivity index (χ1) is 13.8. The van der Waals surface area contributed by atoms with Crippen molar-refractivity contribution in [2.75, 3.05) is 6.54 Å². The first-order valence-corrected chi connectivity index (χ1v) is 9.34. The van der Waals surface area contributed by atoms with Gasteiger partial charge in [-0.05, 0) is 42.3 Å². The quantitative estimate of drug-likeness (QED) is 0.501. The van der Waals surface area contributed by atoms with E-state index in [1.807, 2.05) is 21.7 Å². The predicted molar refractivity (Wildman–Crippen MR) is 99.1 cm³/mol. The molecule has 0 N–H and O–H groups in total. The van der Waals surface area contributed by atoms with E-state index in [1.54, 1.807) is 12.1 Å². The number of nitrogens with zero attached hydrogens (tertiary/aromatic N) is 2. The lowest BCUT2D eigenvalue weighted by molar-refractivity contribution is -0.137. The monoisotopic (exact) mass is 406 g/mol. The number of benzene rings is 2. The van der Waals surface area contributed by atoms with Crippen LogP contribution in [0.15, 0.2) is 60.8 Å². The zero-order valence-electron chi connectivity index (χ0n) is 15.5. The average molecular weight is 406 g/mol. The van der Waals surface area contributed by atoms with Crippen LogP contribution >= 0.6 is 0 Å². The van der Waals surface area contributed by atoms with Crippen LogP contribution in [0.25, 0.3) is 0 Å². The Hall–Kier alpha value is -2.67. The highest BCUT2D eigenvalue weighted by Crippen LogP contribution is 2.36. The molecule has 4 rings (SSSR count). The van der Waals surface area contributed by atoms with Gasteiger partial charge in [0.25, 0.3) is 0 Å². The van der Waals surface area contributed by atoms with E-state index in [2.05, 4.69) is 0 Å². The highest BCUT2D eigenvalue weighted by atomic mass is 19.4. The second-order valence-electron chi connectivity index (χ2n) is 7.19. The second kappa shape index (κ2) is 7.63. The Bertz CT molecular complexity index is 988. The van der Waals surface area contributed by atoms with Crippen molar-refractivity contribution in [3.05, 3.63) is 94.8 Å². The van der Waals surface area contributed by atoms with Crippen LogP contribution in [0.3, 0.4) is 0 Å². The number of aromatic nitrogens is 1. The summed E-state index contributed by atoms with van der Waals surface area (Å²) in [6, 6.07) is 11.7. The van der Waals surface area contributed by atoms with Crippen LogP contribution in [0, 0.1) is 11.6 Å². The van der Waals surface area contributed by atoms with Gasteiger partial charge in [0, 0.05) is 37.1 Å². The van der Waals surface area contributed by atoms with E-state index in [-0.39, 0.29) is 12.1 Å². The van der Waals surface area contributed by atoms with Crippen LogP contribution in [0.1, 0.15) is 34.8 Å². The first kappa shape index (κ1) is 19.6. The van der Waals surface area contributed by atoms with Crippen LogP contribution in [0.2, 0.25) is 0 Å². The standard InChI is InChI=1S/C22H19F5N2/c23-17-7-2-8-18(24)20(17)21-19-9-3-10-28(19)11-4-12-29(21)14-15-5-1-6-16(13-15)22(25,26)27/h1-3,5-10,13,21H,4,11-12,14H2/t21-/m1/s1. The Morgan fingerprint density at radius 2 is 1.62 bits per heavy atom. The van der Waals surface area contributed by atoms with Gasteiger partial charge in [0.1, 0.15) is 11.6 Å². The molecule has 1 aromatic heterocycles. The van der Waals surface area contributed by atoms with Crippen molar-refractivity contribution in [3.8, 4) is 0 Å². The molecule has 1 aliphatic rings. The summed E-state index contributed by atoms with van der Waals surface area (Å²) in [4.78, 5) is 1.84. The summed E-state index contributed by atoms with van der Waals surface area (Å²) >= 11 is 0. The number of hydrogen-bond donors (Lipinski definition) is 0. The summed E-state index contributed by atoms with van der Waals surface area (Å²) in [5, 5.41) is 0. The van der Waals surface area contributed by atoms with E-state index >= 15 is 0 Å². The van der Waals surface area contributed by atoms with Gasteiger partial charge < -0.3 is 4.57 Å². The number of hydrogen-bond acceptors (Lipinski definition) is 1. The lowest BCUT2D eigenvalue weighted by Gasteiger charge is -2.31. The van der Waals surface area contributed by atoms with Crippen LogP contribution in [0.5, 0.6) is 0 Å². The number of alkyl halides is 3. The minimum absolute atomic E-state index is 0.0821. The molecule has 0 bridgehead atoms. The minimum atomic E-state index is -4.44. The molecule has 1 atom stereocenters.